The second-order valence-corrected chi connectivity index (χ2v) is 13.3. The highest BCUT2D eigenvalue weighted by molar-refractivity contribution is 7.09. The molecule has 0 saturated heterocycles. The van der Waals surface area contributed by atoms with Gasteiger partial charge in [0.1, 0.15) is 11.0 Å². The van der Waals surface area contributed by atoms with Crippen LogP contribution in [0.3, 0.4) is 0 Å². The van der Waals surface area contributed by atoms with Gasteiger partial charge in [0.2, 0.25) is 5.91 Å². The van der Waals surface area contributed by atoms with Gasteiger partial charge >= 0.3 is 5.97 Å². The molecule has 0 bridgehead atoms. The van der Waals surface area contributed by atoms with Crippen LogP contribution in [0.25, 0.3) is 0 Å². The molecule has 1 aromatic carbocycles. The largest absolute Gasteiger partial charge is 0.479 e. The molecule has 1 aliphatic carbocycles. The first-order valence-corrected chi connectivity index (χ1v) is 14.9. The number of carboxylic acids is 1. The summed E-state index contributed by atoms with van der Waals surface area (Å²) in [6.07, 6.45) is 9.05. The third kappa shape index (κ3) is 6.11. The molecule has 2 aliphatic rings. The normalized spacial score (nSPS) is 22.2. The number of benzene rings is 1. The fraction of sp³-hybridized carbons (Fsp3) is 0.548. The molecule has 2 atom stereocenters. The van der Waals surface area contributed by atoms with E-state index < -0.39 is 23.5 Å². The number of aromatic nitrogens is 1. The summed E-state index contributed by atoms with van der Waals surface area (Å²) in [6, 6.07) is 6.45. The van der Waals surface area contributed by atoms with Crippen molar-refractivity contribution in [1.29, 1.82) is 0 Å². The Kier molecular flexibility index (Phi) is 8.64. The highest BCUT2D eigenvalue weighted by atomic mass is 32.1. The van der Waals surface area contributed by atoms with Gasteiger partial charge in [-0.3, -0.25) is 9.59 Å². The van der Waals surface area contributed by atoms with Gasteiger partial charge in [-0.15, -0.1) is 11.3 Å². The summed E-state index contributed by atoms with van der Waals surface area (Å²) in [5.41, 5.74) is -0.0298. The Morgan fingerprint density at radius 1 is 1.13 bits per heavy atom. The van der Waals surface area contributed by atoms with Gasteiger partial charge in [0.25, 0.3) is 5.91 Å². The maximum atomic E-state index is 14.3. The number of thiazole rings is 1. The Morgan fingerprint density at radius 3 is 2.33 bits per heavy atom. The number of carboxylic acid groups (broad SMARTS) is 1. The summed E-state index contributed by atoms with van der Waals surface area (Å²) in [7, 11) is 0. The van der Waals surface area contributed by atoms with Gasteiger partial charge < -0.3 is 15.3 Å². The van der Waals surface area contributed by atoms with Gasteiger partial charge in [-0.1, -0.05) is 66.0 Å². The minimum atomic E-state index is -1.68. The summed E-state index contributed by atoms with van der Waals surface area (Å²) in [5.74, 6) is -1.52. The summed E-state index contributed by atoms with van der Waals surface area (Å²) in [5, 5.41) is 16.1. The molecule has 1 fully saturated rings. The van der Waals surface area contributed by atoms with Crippen LogP contribution < -0.4 is 5.32 Å². The van der Waals surface area contributed by atoms with E-state index in [1.54, 1.807) is 23.7 Å². The number of hydrogen-bond donors (Lipinski definition) is 2. The van der Waals surface area contributed by atoms with E-state index in [4.69, 9.17) is 0 Å². The number of amides is 2. The van der Waals surface area contributed by atoms with E-state index in [1.165, 1.54) is 28.7 Å². The SMILES string of the molecule is CC(C)C[C@@]1(C(=O)O)C=C(C(=O)NCC2CCCCC2)[C@H](c2nccs2)N1C(=O)c1ccc(C(C)(C)C)cc1. The molecule has 1 saturated carbocycles. The van der Waals surface area contributed by atoms with Crippen LogP contribution in [0.5, 0.6) is 0 Å². The lowest BCUT2D eigenvalue weighted by atomic mass is 9.86. The van der Waals surface area contributed by atoms with E-state index in [9.17, 15) is 19.5 Å². The van der Waals surface area contributed by atoms with Crippen LogP contribution >= 0.6 is 11.3 Å². The van der Waals surface area contributed by atoms with Crippen molar-refractivity contribution in [2.45, 2.75) is 90.1 Å². The Hall–Kier alpha value is -3.00. The van der Waals surface area contributed by atoms with Crippen molar-refractivity contribution < 1.29 is 19.5 Å². The van der Waals surface area contributed by atoms with Gasteiger partial charge in [-0.25, -0.2) is 9.78 Å². The lowest BCUT2D eigenvalue weighted by Crippen LogP contribution is -2.55. The van der Waals surface area contributed by atoms with Gasteiger partial charge in [0.05, 0.1) is 0 Å². The van der Waals surface area contributed by atoms with E-state index in [1.807, 2.05) is 26.0 Å². The maximum Gasteiger partial charge on any atom is 0.333 e. The molecule has 4 rings (SSSR count). The number of nitrogens with zero attached hydrogens (tertiary/aromatic N) is 2. The maximum absolute atomic E-state index is 14.3. The molecule has 210 valence electrons. The lowest BCUT2D eigenvalue weighted by molar-refractivity contribution is -0.148. The fourth-order valence-electron chi connectivity index (χ4n) is 5.89. The van der Waals surface area contributed by atoms with Crippen LogP contribution in [-0.4, -0.2) is 44.9 Å². The minimum absolute atomic E-state index is 0.0440. The van der Waals surface area contributed by atoms with Crippen LogP contribution in [0.2, 0.25) is 0 Å². The molecule has 2 amide bonds. The molecule has 0 radical (unpaired) electrons. The van der Waals surface area contributed by atoms with Crippen LogP contribution in [0, 0.1) is 11.8 Å². The highest BCUT2D eigenvalue weighted by Gasteiger charge is 2.56. The molecular weight excluding hydrogens is 510 g/mol. The van der Waals surface area contributed by atoms with Crippen LogP contribution in [0.15, 0.2) is 47.5 Å². The van der Waals surface area contributed by atoms with Crippen LogP contribution in [0.1, 0.15) is 100 Å². The van der Waals surface area contributed by atoms with Gasteiger partial charge in [0, 0.05) is 29.3 Å². The Morgan fingerprint density at radius 2 is 1.79 bits per heavy atom. The summed E-state index contributed by atoms with van der Waals surface area (Å²) < 4.78 is 0. The molecule has 39 heavy (non-hydrogen) atoms. The summed E-state index contributed by atoms with van der Waals surface area (Å²) in [4.78, 5) is 46.9. The van der Waals surface area contributed by atoms with E-state index in [0.717, 1.165) is 31.2 Å². The van der Waals surface area contributed by atoms with Gasteiger partial charge in [-0.2, -0.15) is 0 Å². The number of rotatable bonds is 8. The van der Waals surface area contributed by atoms with Crippen molar-refractivity contribution in [3.63, 3.8) is 0 Å². The molecule has 1 aliphatic heterocycles. The molecule has 1 aromatic heterocycles. The number of nitrogens with one attached hydrogen (secondary N) is 1. The predicted octanol–water partition coefficient (Wildman–Crippen LogP) is 6.13. The number of aliphatic carboxylic acids is 1. The number of hydrogen-bond acceptors (Lipinski definition) is 5. The van der Waals surface area contributed by atoms with Gasteiger partial charge in [0.15, 0.2) is 5.54 Å². The molecule has 2 N–H and O–H groups in total. The average Bonchev–Trinajstić information content (AvgIpc) is 3.53. The first-order valence-electron chi connectivity index (χ1n) is 14.0. The zero-order chi connectivity index (χ0) is 28.4. The number of carbonyl (C=O) groups is 3. The molecule has 2 heterocycles. The van der Waals surface area contributed by atoms with Crippen molar-refractivity contribution in [3.8, 4) is 0 Å². The van der Waals surface area contributed by atoms with Crippen molar-refractivity contribution in [1.82, 2.24) is 15.2 Å². The standard InChI is InChI=1S/C31H41N3O4S/c1-20(2)17-31(29(37)38)18-24(26(35)33-19-21-9-7-6-8-10-21)25(27-32-15-16-39-27)34(31)28(36)22-11-13-23(14-12-22)30(3,4)5/h11-16,18,20-21,25H,6-10,17,19H2,1-5H3,(H,33,35)(H,37,38)/t25-,31+/m1/s1. The first-order chi connectivity index (χ1) is 18.4. The smallest absolute Gasteiger partial charge is 0.333 e. The summed E-state index contributed by atoms with van der Waals surface area (Å²) >= 11 is 1.32. The van der Waals surface area contributed by atoms with Gasteiger partial charge in [-0.05, 0) is 60.3 Å². The van der Waals surface area contributed by atoms with E-state index in [-0.39, 0.29) is 29.2 Å². The van der Waals surface area contributed by atoms with E-state index >= 15 is 0 Å². The Balaban J connectivity index is 1.77. The lowest BCUT2D eigenvalue weighted by Gasteiger charge is -2.39. The molecule has 0 unspecified atom stereocenters. The van der Waals surface area contributed by atoms with Crippen molar-refractivity contribution in [3.05, 3.63) is 63.6 Å². The minimum Gasteiger partial charge on any atom is -0.479 e. The zero-order valence-electron chi connectivity index (χ0n) is 23.7. The summed E-state index contributed by atoms with van der Waals surface area (Å²) in [6.45, 7) is 10.7. The number of carbonyl (C=O) groups excluding carboxylic acids is 2. The first kappa shape index (κ1) is 29.0. The molecule has 0 spiro atoms. The third-order valence-corrected chi connectivity index (χ3v) is 8.73. The molecule has 2 aromatic rings. The van der Waals surface area contributed by atoms with E-state index in [0.29, 0.717) is 23.0 Å². The third-order valence-electron chi connectivity index (χ3n) is 7.91. The quantitative estimate of drug-likeness (QED) is 0.411. The van der Waals surface area contributed by atoms with Crippen molar-refractivity contribution in [2.75, 3.05) is 6.54 Å². The Bertz CT molecular complexity index is 1210. The molecule has 8 heteroatoms. The highest BCUT2D eigenvalue weighted by Crippen LogP contribution is 2.47. The van der Waals surface area contributed by atoms with E-state index in [2.05, 4.69) is 31.1 Å². The molecular formula is C31H41N3O4S. The predicted molar refractivity (Wildman–Crippen MR) is 154 cm³/mol. The Labute approximate surface area is 235 Å². The fourth-order valence-corrected chi connectivity index (χ4v) is 6.63. The van der Waals surface area contributed by atoms with Crippen molar-refractivity contribution >= 4 is 29.1 Å². The van der Waals surface area contributed by atoms with Crippen LogP contribution in [0.4, 0.5) is 0 Å². The monoisotopic (exact) mass is 551 g/mol. The second-order valence-electron chi connectivity index (χ2n) is 12.4. The zero-order valence-corrected chi connectivity index (χ0v) is 24.5. The average molecular weight is 552 g/mol. The van der Waals surface area contributed by atoms with Crippen molar-refractivity contribution in [2.24, 2.45) is 11.8 Å². The molecule has 7 nitrogen and oxygen atoms in total. The second kappa shape index (κ2) is 11.6. The van der Waals surface area contributed by atoms with Crippen LogP contribution in [-0.2, 0) is 15.0 Å². The topological polar surface area (TPSA) is 99.6 Å².